The summed E-state index contributed by atoms with van der Waals surface area (Å²) in [7, 11) is 1.80. The maximum absolute atomic E-state index is 13.2. The summed E-state index contributed by atoms with van der Waals surface area (Å²) in [4.78, 5) is 21.2. The topological polar surface area (TPSA) is 121 Å². The summed E-state index contributed by atoms with van der Waals surface area (Å²) in [6, 6.07) is 7.65. The van der Waals surface area contributed by atoms with Crippen LogP contribution in [0.15, 0.2) is 36.5 Å². The molecule has 0 spiro atoms. The van der Waals surface area contributed by atoms with Crippen LogP contribution in [-0.2, 0) is 7.05 Å². The zero-order valence-electron chi connectivity index (χ0n) is 13.2. The molecule has 0 bridgehead atoms. The first-order valence-electron chi connectivity index (χ1n) is 7.37. The summed E-state index contributed by atoms with van der Waals surface area (Å²) < 4.78 is 15.0. The van der Waals surface area contributed by atoms with Gasteiger partial charge in [0.15, 0.2) is 11.5 Å². The first-order valence-corrected chi connectivity index (χ1v) is 7.37. The van der Waals surface area contributed by atoms with E-state index in [9.17, 15) is 4.39 Å². The van der Waals surface area contributed by atoms with Crippen molar-refractivity contribution in [3.63, 3.8) is 0 Å². The summed E-state index contributed by atoms with van der Waals surface area (Å²) in [6.07, 6.45) is 1.55. The lowest BCUT2D eigenvalue weighted by molar-refractivity contribution is 0.628. The minimum atomic E-state index is -0.333. The molecule has 4 rings (SSSR count). The molecule has 124 valence electrons. The molecule has 9 heteroatoms. The molecule has 8 nitrogen and oxygen atoms in total. The molecule has 1 aromatic carbocycles. The second-order valence-corrected chi connectivity index (χ2v) is 5.40. The number of anilines is 2. The fourth-order valence-electron chi connectivity index (χ4n) is 2.61. The maximum atomic E-state index is 13.2. The van der Waals surface area contributed by atoms with E-state index in [0.29, 0.717) is 33.9 Å². The Bertz CT molecular complexity index is 1090. The van der Waals surface area contributed by atoms with E-state index in [0.717, 1.165) is 0 Å². The number of fused-ring (bicyclic) bond motifs is 1. The average Bonchev–Trinajstić information content (AvgIpc) is 2.92. The Hall–Kier alpha value is -3.62. The van der Waals surface area contributed by atoms with Crippen LogP contribution >= 0.6 is 0 Å². The van der Waals surface area contributed by atoms with Gasteiger partial charge in [-0.05, 0) is 30.3 Å². The van der Waals surface area contributed by atoms with E-state index in [1.807, 2.05) is 0 Å². The van der Waals surface area contributed by atoms with Crippen molar-refractivity contribution in [1.82, 2.24) is 29.5 Å². The monoisotopic (exact) mass is 336 g/mol. The van der Waals surface area contributed by atoms with Crippen molar-refractivity contribution in [3.8, 4) is 22.8 Å². The third-order valence-electron chi connectivity index (χ3n) is 3.76. The van der Waals surface area contributed by atoms with Crippen LogP contribution < -0.4 is 11.5 Å². The molecular formula is C16H13FN8. The highest BCUT2D eigenvalue weighted by atomic mass is 19.1. The van der Waals surface area contributed by atoms with Gasteiger partial charge in [0.2, 0.25) is 11.9 Å². The van der Waals surface area contributed by atoms with Gasteiger partial charge in [-0.2, -0.15) is 4.98 Å². The Morgan fingerprint density at radius 3 is 2.40 bits per heavy atom. The van der Waals surface area contributed by atoms with Crippen LogP contribution in [-0.4, -0.2) is 29.5 Å². The molecule has 0 aliphatic carbocycles. The summed E-state index contributed by atoms with van der Waals surface area (Å²) in [5, 5.41) is 0. The van der Waals surface area contributed by atoms with E-state index < -0.39 is 0 Å². The molecule has 0 unspecified atom stereocenters. The molecule has 4 N–H and O–H groups in total. The summed E-state index contributed by atoms with van der Waals surface area (Å²) in [6.45, 7) is 0. The van der Waals surface area contributed by atoms with Gasteiger partial charge in [0.1, 0.15) is 22.7 Å². The van der Waals surface area contributed by atoms with Crippen molar-refractivity contribution in [2.75, 3.05) is 11.5 Å². The normalized spacial score (nSPS) is 11.1. The average molecular weight is 336 g/mol. The highest BCUT2D eigenvalue weighted by Crippen LogP contribution is 2.29. The van der Waals surface area contributed by atoms with Gasteiger partial charge in [-0.15, -0.1) is 0 Å². The smallest absolute Gasteiger partial charge is 0.222 e. The van der Waals surface area contributed by atoms with Gasteiger partial charge in [0.25, 0.3) is 0 Å². The minimum Gasteiger partial charge on any atom is -0.368 e. The standard InChI is InChI=1S/C16H13FN8/c1-25-13(10-6-7-20-15(18)21-10)22-12-11(23-16(19)24-14(12)25)8-2-4-9(17)5-3-8/h2-7H,1H3,(H2,18,20,21)(H2,19,23,24). The highest BCUT2D eigenvalue weighted by molar-refractivity contribution is 5.90. The van der Waals surface area contributed by atoms with Gasteiger partial charge in [0.05, 0.1) is 0 Å². The molecule has 0 fully saturated rings. The molecule has 4 aromatic rings. The van der Waals surface area contributed by atoms with E-state index in [1.165, 1.54) is 12.1 Å². The van der Waals surface area contributed by atoms with Gasteiger partial charge >= 0.3 is 0 Å². The number of hydrogen-bond acceptors (Lipinski definition) is 7. The van der Waals surface area contributed by atoms with Crippen molar-refractivity contribution in [1.29, 1.82) is 0 Å². The largest absolute Gasteiger partial charge is 0.368 e. The zero-order chi connectivity index (χ0) is 17.6. The number of nitrogen functional groups attached to an aromatic ring is 2. The third-order valence-corrected chi connectivity index (χ3v) is 3.76. The molecule has 3 heterocycles. The Labute approximate surface area is 141 Å². The fourth-order valence-corrected chi connectivity index (χ4v) is 2.61. The summed E-state index contributed by atoms with van der Waals surface area (Å²) >= 11 is 0. The van der Waals surface area contributed by atoms with Crippen molar-refractivity contribution in [2.45, 2.75) is 0 Å². The molecule has 0 radical (unpaired) electrons. The molecule has 3 aromatic heterocycles. The van der Waals surface area contributed by atoms with Crippen molar-refractivity contribution in [2.24, 2.45) is 7.05 Å². The van der Waals surface area contributed by atoms with E-state index in [-0.39, 0.29) is 17.7 Å². The van der Waals surface area contributed by atoms with E-state index in [2.05, 4.69) is 24.9 Å². The molecule has 0 saturated heterocycles. The van der Waals surface area contributed by atoms with Gasteiger partial charge in [-0.25, -0.2) is 24.3 Å². The molecule has 25 heavy (non-hydrogen) atoms. The zero-order valence-corrected chi connectivity index (χ0v) is 13.2. The van der Waals surface area contributed by atoms with Gasteiger partial charge in [-0.1, -0.05) is 0 Å². The Morgan fingerprint density at radius 2 is 1.68 bits per heavy atom. The summed E-state index contributed by atoms with van der Waals surface area (Å²) in [5.41, 5.74) is 14.3. The van der Waals surface area contributed by atoms with Crippen LogP contribution in [0.1, 0.15) is 0 Å². The van der Waals surface area contributed by atoms with Gasteiger partial charge < -0.3 is 16.0 Å². The lowest BCUT2D eigenvalue weighted by atomic mass is 10.1. The predicted octanol–water partition coefficient (Wildman–Crippen LogP) is 1.79. The number of imidazole rings is 1. The van der Waals surface area contributed by atoms with E-state index in [4.69, 9.17) is 11.5 Å². The number of rotatable bonds is 2. The number of halogens is 1. The quantitative estimate of drug-likeness (QED) is 0.572. The fraction of sp³-hybridized carbons (Fsp3) is 0.0625. The van der Waals surface area contributed by atoms with Crippen LogP contribution in [0.2, 0.25) is 0 Å². The lowest BCUT2D eigenvalue weighted by Gasteiger charge is -2.04. The molecule has 0 atom stereocenters. The van der Waals surface area contributed by atoms with Crippen LogP contribution in [0.4, 0.5) is 16.3 Å². The van der Waals surface area contributed by atoms with Crippen LogP contribution in [0.25, 0.3) is 33.9 Å². The Balaban J connectivity index is 1.99. The third kappa shape index (κ3) is 2.51. The highest BCUT2D eigenvalue weighted by Gasteiger charge is 2.18. The molecule has 0 aliphatic heterocycles. The predicted molar refractivity (Wildman–Crippen MR) is 91.5 cm³/mol. The minimum absolute atomic E-state index is 0.101. The second-order valence-electron chi connectivity index (χ2n) is 5.40. The van der Waals surface area contributed by atoms with Crippen LogP contribution in [0.3, 0.4) is 0 Å². The number of hydrogen-bond donors (Lipinski definition) is 2. The number of nitrogens with zero attached hydrogens (tertiary/aromatic N) is 6. The van der Waals surface area contributed by atoms with E-state index in [1.54, 1.807) is 36.0 Å². The van der Waals surface area contributed by atoms with E-state index >= 15 is 0 Å². The van der Waals surface area contributed by atoms with Crippen LogP contribution in [0, 0.1) is 5.82 Å². The van der Waals surface area contributed by atoms with Gasteiger partial charge in [-0.3, -0.25) is 0 Å². The number of benzene rings is 1. The first kappa shape index (κ1) is 14.9. The summed E-state index contributed by atoms with van der Waals surface area (Å²) in [5.74, 6) is 0.463. The SMILES string of the molecule is Cn1c(-c2ccnc(N)n2)nc2c(-c3ccc(F)cc3)nc(N)nc21. The molecule has 0 aliphatic rings. The van der Waals surface area contributed by atoms with Crippen LogP contribution in [0.5, 0.6) is 0 Å². The van der Waals surface area contributed by atoms with Crippen molar-refractivity contribution < 1.29 is 4.39 Å². The number of aryl methyl sites for hydroxylation is 1. The molecular weight excluding hydrogens is 323 g/mol. The number of nitrogens with two attached hydrogens (primary N) is 2. The Morgan fingerprint density at radius 1 is 0.920 bits per heavy atom. The number of aromatic nitrogens is 6. The lowest BCUT2D eigenvalue weighted by Crippen LogP contribution is -2.01. The molecule has 0 amide bonds. The second kappa shape index (κ2) is 5.48. The molecule has 0 saturated carbocycles. The van der Waals surface area contributed by atoms with Crippen molar-refractivity contribution >= 4 is 23.1 Å². The van der Waals surface area contributed by atoms with Crippen molar-refractivity contribution in [3.05, 3.63) is 42.3 Å². The maximum Gasteiger partial charge on any atom is 0.222 e. The first-order chi connectivity index (χ1) is 12.0. The Kier molecular flexibility index (Phi) is 3.27. The van der Waals surface area contributed by atoms with Gasteiger partial charge in [0, 0.05) is 18.8 Å².